The number of hydrogen-bond donors (Lipinski definition) is 2. The van der Waals surface area contributed by atoms with Gasteiger partial charge in [0.1, 0.15) is 6.10 Å². The van der Waals surface area contributed by atoms with E-state index in [4.69, 9.17) is 32.7 Å². The Bertz CT molecular complexity index is 1670. The Morgan fingerprint density at radius 1 is 1.19 bits per heavy atom. The molecule has 1 saturated carbocycles. The van der Waals surface area contributed by atoms with Crippen LogP contribution in [-0.2, 0) is 19.6 Å². The summed E-state index contributed by atoms with van der Waals surface area (Å²) in [5.74, 6) is -2.14. The molecule has 0 radical (unpaired) electrons. The van der Waals surface area contributed by atoms with Gasteiger partial charge in [0.25, 0.3) is 0 Å². The maximum absolute atomic E-state index is 13.8. The Hall–Kier alpha value is -3.34. The highest BCUT2D eigenvalue weighted by atomic mass is 35.5. The molecule has 47 heavy (non-hydrogen) atoms. The monoisotopic (exact) mass is 733 g/mol. The van der Waals surface area contributed by atoms with Crippen molar-refractivity contribution in [3.05, 3.63) is 93.3 Å². The van der Waals surface area contributed by atoms with E-state index in [2.05, 4.69) is 11.3 Å². The van der Waals surface area contributed by atoms with Crippen molar-refractivity contribution in [2.45, 2.75) is 42.2 Å². The van der Waals surface area contributed by atoms with Gasteiger partial charge in [0.15, 0.2) is 16.9 Å². The molecule has 17 heteroatoms. The number of rotatable bonds is 16. The lowest BCUT2D eigenvalue weighted by atomic mass is 9.99. The first-order valence-corrected chi connectivity index (χ1v) is 17.2. The number of aromatic carboxylic acids is 1. The van der Waals surface area contributed by atoms with Crippen LogP contribution in [0.15, 0.2) is 81.9 Å². The number of nitrogens with one attached hydrogen (secondary N) is 1. The first-order chi connectivity index (χ1) is 22.3. The number of carbonyl (C=O) groups excluding carboxylic acids is 1. The van der Waals surface area contributed by atoms with Gasteiger partial charge in [-0.2, -0.15) is 13.1 Å². The third-order valence-electron chi connectivity index (χ3n) is 7.05. The number of allylic oxidation sites excluding steroid dienone is 3. The summed E-state index contributed by atoms with van der Waals surface area (Å²) in [6, 6.07) is 8.65. The summed E-state index contributed by atoms with van der Waals surface area (Å²) < 4.78 is 70.7. The van der Waals surface area contributed by atoms with Gasteiger partial charge in [-0.15, -0.1) is 11.8 Å². The standard InChI is InChI=1S/C30H29Cl2F2N2O9S2/c1-2-22(31)21(23(32)15-35-40)14-25(18-8-9-24(45-30(33)34)26(13-18)43-16-17-6-7-17)44-29(39)27-36(10-11-46-27)47(41,42)20-5-3-4-19(12-20)28(37)38/h2-5,8-9,12-13,15,17,25,27,30,35H,1,6-7,10-11,14,16H2,(H,37,38)/q-1/b22-21+,23-15+/t25-,27?/m0/s1. The normalized spacial score (nSPS) is 18.3. The summed E-state index contributed by atoms with van der Waals surface area (Å²) in [5.41, 5.74) is 1.63. The highest BCUT2D eigenvalue weighted by Gasteiger charge is 2.42. The zero-order valence-electron chi connectivity index (χ0n) is 24.4. The van der Waals surface area contributed by atoms with Crippen molar-refractivity contribution in [1.29, 1.82) is 0 Å². The van der Waals surface area contributed by atoms with Crippen molar-refractivity contribution in [3.8, 4) is 11.5 Å². The van der Waals surface area contributed by atoms with E-state index in [-0.39, 0.29) is 74.4 Å². The van der Waals surface area contributed by atoms with Gasteiger partial charge < -0.3 is 30.0 Å². The van der Waals surface area contributed by atoms with E-state index in [0.717, 1.165) is 41.2 Å². The maximum atomic E-state index is 13.8. The number of benzene rings is 2. The summed E-state index contributed by atoms with van der Waals surface area (Å²) in [6.07, 6.45) is 2.43. The van der Waals surface area contributed by atoms with Crippen LogP contribution in [0.1, 0.15) is 41.3 Å². The number of hydrogen-bond acceptors (Lipinski definition) is 10. The second-order valence-corrected chi connectivity index (χ2v) is 14.2. The van der Waals surface area contributed by atoms with Crippen LogP contribution in [0.5, 0.6) is 11.5 Å². The molecule has 2 aliphatic rings. The zero-order chi connectivity index (χ0) is 34.3. The lowest BCUT2D eigenvalue weighted by Gasteiger charge is -2.26. The predicted octanol–water partition coefficient (Wildman–Crippen LogP) is 6.36. The van der Waals surface area contributed by atoms with Gasteiger partial charge in [-0.3, -0.25) is 0 Å². The fourth-order valence-electron chi connectivity index (χ4n) is 4.52. The van der Waals surface area contributed by atoms with Crippen molar-refractivity contribution < 1.29 is 46.1 Å². The number of hydroxylamine groups is 1. The average Bonchev–Trinajstić information content (AvgIpc) is 3.73. The van der Waals surface area contributed by atoms with Crippen LogP contribution in [0.3, 0.4) is 0 Å². The fourth-order valence-corrected chi connectivity index (χ4v) is 8.06. The number of carbonyl (C=O) groups is 2. The first kappa shape index (κ1) is 36.5. The number of carboxylic acids is 1. The van der Waals surface area contributed by atoms with Crippen LogP contribution in [0.2, 0.25) is 0 Å². The van der Waals surface area contributed by atoms with Crippen LogP contribution in [-0.4, -0.2) is 60.7 Å². The van der Waals surface area contributed by atoms with E-state index >= 15 is 0 Å². The summed E-state index contributed by atoms with van der Waals surface area (Å²) in [4.78, 5) is 24.9. The molecule has 1 saturated heterocycles. The molecule has 1 unspecified atom stereocenters. The van der Waals surface area contributed by atoms with Gasteiger partial charge in [0.05, 0.1) is 22.1 Å². The van der Waals surface area contributed by atoms with Crippen LogP contribution >= 0.6 is 35.0 Å². The molecule has 254 valence electrons. The molecule has 2 aromatic carbocycles. The lowest BCUT2D eigenvalue weighted by molar-refractivity contribution is -0.150. The molecule has 2 aromatic rings. The number of nitrogens with zero attached hydrogens (tertiary/aromatic N) is 1. The molecule has 1 aliphatic carbocycles. The predicted molar refractivity (Wildman–Crippen MR) is 172 cm³/mol. The minimum Gasteiger partial charge on any atom is -0.761 e. The summed E-state index contributed by atoms with van der Waals surface area (Å²) in [5, 5.41) is 18.9. The van der Waals surface area contributed by atoms with Gasteiger partial charge in [0, 0.05) is 30.0 Å². The highest BCUT2D eigenvalue weighted by Crippen LogP contribution is 2.40. The number of thioether (sulfide) groups is 1. The van der Waals surface area contributed by atoms with E-state index in [1.165, 1.54) is 42.5 Å². The molecule has 0 amide bonds. The minimum atomic E-state index is -4.36. The van der Waals surface area contributed by atoms with Crippen LogP contribution < -0.4 is 15.0 Å². The SMILES string of the molecule is C=C/C(Cl)=C(C[C@H](OC(=O)C1SCCN1S(=O)(=O)c1cccc(C(=O)O)c1)c1ccc(OC(F)F)c(OCC2CC2)c1)\C(Cl)=C/N[O-]. The Morgan fingerprint density at radius 2 is 1.94 bits per heavy atom. The van der Waals surface area contributed by atoms with Crippen LogP contribution in [0, 0.1) is 11.1 Å². The van der Waals surface area contributed by atoms with Crippen molar-refractivity contribution in [2.24, 2.45) is 5.92 Å². The second-order valence-electron chi connectivity index (χ2n) is 10.3. The molecule has 0 bridgehead atoms. The maximum Gasteiger partial charge on any atom is 0.387 e. The number of esters is 1. The number of halogens is 4. The Kier molecular flexibility index (Phi) is 12.6. The first-order valence-electron chi connectivity index (χ1n) is 14.0. The minimum absolute atomic E-state index is 0.00293. The largest absolute Gasteiger partial charge is 0.761 e. The second kappa shape index (κ2) is 16.2. The third-order valence-corrected chi connectivity index (χ3v) is 10.9. The molecular weight excluding hydrogens is 705 g/mol. The van der Waals surface area contributed by atoms with Gasteiger partial charge in [-0.1, -0.05) is 48.0 Å². The molecule has 2 fully saturated rings. The quantitative estimate of drug-likeness (QED) is 0.113. The Labute approximate surface area is 283 Å². The van der Waals surface area contributed by atoms with Crippen LogP contribution in [0.25, 0.3) is 0 Å². The molecule has 2 N–H and O–H groups in total. The zero-order valence-corrected chi connectivity index (χ0v) is 27.6. The lowest BCUT2D eigenvalue weighted by Crippen LogP contribution is -2.40. The number of ether oxygens (including phenoxy) is 3. The van der Waals surface area contributed by atoms with E-state index in [1.54, 1.807) is 5.48 Å². The van der Waals surface area contributed by atoms with E-state index in [0.29, 0.717) is 0 Å². The van der Waals surface area contributed by atoms with Crippen molar-refractivity contribution in [1.82, 2.24) is 9.79 Å². The van der Waals surface area contributed by atoms with Crippen LogP contribution in [0.4, 0.5) is 8.78 Å². The molecule has 0 aromatic heterocycles. The Balaban J connectivity index is 1.71. The van der Waals surface area contributed by atoms with Gasteiger partial charge in [-0.25, -0.2) is 18.0 Å². The number of carboxylic acid groups (broad SMARTS) is 1. The van der Waals surface area contributed by atoms with Crippen molar-refractivity contribution >= 4 is 56.9 Å². The molecule has 11 nitrogen and oxygen atoms in total. The summed E-state index contributed by atoms with van der Waals surface area (Å²) in [6.45, 7) is 0.617. The Morgan fingerprint density at radius 3 is 2.57 bits per heavy atom. The van der Waals surface area contributed by atoms with Crippen molar-refractivity contribution in [3.63, 3.8) is 0 Å². The van der Waals surface area contributed by atoms with E-state index in [9.17, 15) is 37.1 Å². The molecule has 0 spiro atoms. The van der Waals surface area contributed by atoms with Gasteiger partial charge in [0.2, 0.25) is 10.0 Å². The number of sulfonamides is 1. The third kappa shape index (κ3) is 9.39. The molecule has 1 aliphatic heterocycles. The van der Waals surface area contributed by atoms with Gasteiger partial charge >= 0.3 is 18.6 Å². The smallest absolute Gasteiger partial charge is 0.387 e. The fraction of sp³-hybridized carbons (Fsp3) is 0.333. The number of alkyl halides is 2. The van der Waals surface area contributed by atoms with Gasteiger partial charge in [-0.05, 0) is 60.2 Å². The molecular formula is C30H29Cl2F2N2O9S2-. The molecule has 4 rings (SSSR count). The average molecular weight is 735 g/mol. The van der Waals surface area contributed by atoms with E-state index in [1.807, 2.05) is 0 Å². The summed E-state index contributed by atoms with van der Waals surface area (Å²) in [7, 11) is -4.36. The van der Waals surface area contributed by atoms with Crippen molar-refractivity contribution in [2.75, 3.05) is 18.9 Å². The molecule has 1 heterocycles. The van der Waals surface area contributed by atoms with E-state index < -0.39 is 40.1 Å². The molecule has 2 atom stereocenters. The summed E-state index contributed by atoms with van der Waals surface area (Å²) >= 11 is 13.7. The topological polar surface area (TPSA) is 155 Å². The highest BCUT2D eigenvalue weighted by molar-refractivity contribution is 8.02.